The van der Waals surface area contributed by atoms with E-state index in [0.29, 0.717) is 13.1 Å². The van der Waals surface area contributed by atoms with Crippen LogP contribution >= 0.6 is 0 Å². The summed E-state index contributed by atoms with van der Waals surface area (Å²) in [6, 6.07) is -0.0930. The zero-order valence-corrected chi connectivity index (χ0v) is 15.8. The predicted octanol–water partition coefficient (Wildman–Crippen LogP) is 1.90. The Morgan fingerprint density at radius 1 is 0.833 bits per heavy atom. The lowest BCUT2D eigenvalue weighted by molar-refractivity contribution is -0.136. The zero-order chi connectivity index (χ0) is 17.7. The summed E-state index contributed by atoms with van der Waals surface area (Å²) in [4.78, 5) is 31.1. The average molecular weight is 338 g/mol. The van der Waals surface area contributed by atoms with Crippen molar-refractivity contribution < 1.29 is 9.59 Å². The molecule has 2 aliphatic heterocycles. The standard InChI is InChI=1S/C18H34N4O2/c1-15(16(23)21-9-7-5-6-8-10-21)20-11-13-22(14-12-20)17(24)19-18(2,3)4/h15H,5-14H2,1-4H3,(H,19,24). The van der Waals surface area contributed by atoms with Crippen LogP contribution in [0.1, 0.15) is 53.4 Å². The first-order chi connectivity index (χ1) is 11.3. The van der Waals surface area contributed by atoms with Crippen LogP contribution in [0.25, 0.3) is 0 Å². The number of rotatable bonds is 2. The van der Waals surface area contributed by atoms with Crippen molar-refractivity contribution in [3.63, 3.8) is 0 Å². The summed E-state index contributed by atoms with van der Waals surface area (Å²) >= 11 is 0. The van der Waals surface area contributed by atoms with Gasteiger partial charge >= 0.3 is 6.03 Å². The van der Waals surface area contributed by atoms with Crippen molar-refractivity contribution in [1.29, 1.82) is 0 Å². The van der Waals surface area contributed by atoms with Gasteiger partial charge in [0.25, 0.3) is 0 Å². The molecular weight excluding hydrogens is 304 g/mol. The molecule has 0 aromatic heterocycles. The molecule has 2 heterocycles. The fourth-order valence-corrected chi connectivity index (χ4v) is 3.42. The molecule has 0 radical (unpaired) electrons. The maximum absolute atomic E-state index is 12.7. The van der Waals surface area contributed by atoms with Gasteiger partial charge in [0.05, 0.1) is 6.04 Å². The Balaban J connectivity index is 1.82. The van der Waals surface area contributed by atoms with Crippen LogP contribution in [-0.2, 0) is 4.79 Å². The van der Waals surface area contributed by atoms with Gasteiger partial charge in [-0.2, -0.15) is 0 Å². The normalized spacial score (nSPS) is 22.0. The van der Waals surface area contributed by atoms with E-state index in [0.717, 1.165) is 39.0 Å². The Kier molecular flexibility index (Phi) is 6.49. The fourth-order valence-electron chi connectivity index (χ4n) is 3.42. The Bertz CT molecular complexity index is 431. The smallest absolute Gasteiger partial charge is 0.317 e. The summed E-state index contributed by atoms with van der Waals surface area (Å²) in [5, 5.41) is 3.01. The van der Waals surface area contributed by atoms with Gasteiger partial charge in [-0.25, -0.2) is 4.79 Å². The van der Waals surface area contributed by atoms with Gasteiger partial charge in [-0.1, -0.05) is 12.8 Å². The maximum atomic E-state index is 12.7. The van der Waals surface area contributed by atoms with Crippen molar-refractivity contribution in [2.75, 3.05) is 39.3 Å². The third kappa shape index (κ3) is 5.36. The number of hydrogen-bond acceptors (Lipinski definition) is 3. The Hall–Kier alpha value is -1.30. The molecule has 0 aromatic carbocycles. The Morgan fingerprint density at radius 3 is 1.88 bits per heavy atom. The first kappa shape index (κ1) is 19.0. The number of amides is 3. The Morgan fingerprint density at radius 2 is 1.38 bits per heavy atom. The van der Waals surface area contributed by atoms with Crippen LogP contribution in [0.2, 0.25) is 0 Å². The third-order valence-electron chi connectivity index (χ3n) is 4.91. The van der Waals surface area contributed by atoms with Gasteiger partial charge in [-0.05, 0) is 40.5 Å². The molecule has 1 N–H and O–H groups in total. The molecular formula is C18H34N4O2. The lowest BCUT2D eigenvalue weighted by Gasteiger charge is -2.39. The molecule has 0 aromatic rings. The van der Waals surface area contributed by atoms with E-state index in [1.54, 1.807) is 0 Å². The summed E-state index contributed by atoms with van der Waals surface area (Å²) in [5.74, 6) is 0.254. The summed E-state index contributed by atoms with van der Waals surface area (Å²) < 4.78 is 0. The molecule has 2 saturated heterocycles. The van der Waals surface area contributed by atoms with Gasteiger partial charge in [0.2, 0.25) is 5.91 Å². The molecule has 6 heteroatoms. The summed E-state index contributed by atoms with van der Waals surface area (Å²) in [6.45, 7) is 12.7. The summed E-state index contributed by atoms with van der Waals surface area (Å²) in [7, 11) is 0. The number of nitrogens with one attached hydrogen (secondary N) is 1. The van der Waals surface area contributed by atoms with Gasteiger partial charge in [0, 0.05) is 44.8 Å². The molecule has 2 aliphatic rings. The van der Waals surface area contributed by atoms with E-state index in [1.807, 2.05) is 37.5 Å². The van der Waals surface area contributed by atoms with E-state index >= 15 is 0 Å². The molecule has 1 unspecified atom stereocenters. The van der Waals surface area contributed by atoms with E-state index < -0.39 is 0 Å². The summed E-state index contributed by atoms with van der Waals surface area (Å²) in [5.41, 5.74) is -0.218. The second-order valence-corrected chi connectivity index (χ2v) is 8.12. The minimum Gasteiger partial charge on any atom is -0.341 e. The first-order valence-corrected chi connectivity index (χ1v) is 9.38. The van der Waals surface area contributed by atoms with Crippen LogP contribution in [0, 0.1) is 0 Å². The molecule has 0 spiro atoms. The van der Waals surface area contributed by atoms with Gasteiger partial charge in [0.1, 0.15) is 0 Å². The van der Waals surface area contributed by atoms with E-state index in [9.17, 15) is 9.59 Å². The van der Waals surface area contributed by atoms with Crippen LogP contribution in [0.4, 0.5) is 4.79 Å². The van der Waals surface area contributed by atoms with E-state index in [2.05, 4.69) is 10.2 Å². The second kappa shape index (κ2) is 8.19. The molecule has 2 fully saturated rings. The van der Waals surface area contributed by atoms with Crippen molar-refractivity contribution in [3.8, 4) is 0 Å². The SMILES string of the molecule is CC(C(=O)N1CCCCCC1)N1CCN(C(=O)NC(C)(C)C)CC1. The maximum Gasteiger partial charge on any atom is 0.317 e. The van der Waals surface area contributed by atoms with E-state index in [4.69, 9.17) is 0 Å². The lowest BCUT2D eigenvalue weighted by Crippen LogP contribution is -2.58. The molecule has 1 atom stereocenters. The second-order valence-electron chi connectivity index (χ2n) is 8.12. The van der Waals surface area contributed by atoms with Crippen LogP contribution < -0.4 is 5.32 Å². The molecule has 6 nitrogen and oxygen atoms in total. The molecule has 0 saturated carbocycles. The number of hydrogen-bond donors (Lipinski definition) is 1. The number of likely N-dealkylation sites (tertiary alicyclic amines) is 1. The molecule has 3 amide bonds. The number of piperazine rings is 1. The van der Waals surface area contributed by atoms with Gasteiger partial charge in [-0.15, -0.1) is 0 Å². The molecule has 24 heavy (non-hydrogen) atoms. The van der Waals surface area contributed by atoms with Crippen LogP contribution in [0.5, 0.6) is 0 Å². The minimum atomic E-state index is -0.218. The number of urea groups is 1. The quantitative estimate of drug-likeness (QED) is 0.837. The molecule has 2 rings (SSSR count). The van der Waals surface area contributed by atoms with Crippen molar-refractivity contribution in [2.24, 2.45) is 0 Å². The highest BCUT2D eigenvalue weighted by Crippen LogP contribution is 2.14. The van der Waals surface area contributed by atoms with Gasteiger partial charge in [-0.3, -0.25) is 9.69 Å². The zero-order valence-electron chi connectivity index (χ0n) is 15.8. The van der Waals surface area contributed by atoms with Crippen LogP contribution in [0.15, 0.2) is 0 Å². The van der Waals surface area contributed by atoms with Gasteiger partial charge < -0.3 is 15.1 Å². The van der Waals surface area contributed by atoms with E-state index in [-0.39, 0.29) is 23.5 Å². The van der Waals surface area contributed by atoms with E-state index in [1.165, 1.54) is 12.8 Å². The third-order valence-corrected chi connectivity index (χ3v) is 4.91. The molecule has 0 bridgehead atoms. The topological polar surface area (TPSA) is 55.9 Å². The van der Waals surface area contributed by atoms with Crippen molar-refractivity contribution in [1.82, 2.24) is 20.0 Å². The van der Waals surface area contributed by atoms with Crippen molar-refractivity contribution in [3.05, 3.63) is 0 Å². The Labute approximate surface area is 146 Å². The highest BCUT2D eigenvalue weighted by molar-refractivity contribution is 5.81. The fraction of sp³-hybridized carbons (Fsp3) is 0.889. The highest BCUT2D eigenvalue weighted by atomic mass is 16.2. The largest absolute Gasteiger partial charge is 0.341 e. The monoisotopic (exact) mass is 338 g/mol. The number of carbonyl (C=O) groups excluding carboxylic acids is 2. The average Bonchev–Trinajstić information content (AvgIpc) is 2.81. The number of carbonyl (C=O) groups is 2. The number of nitrogens with zero attached hydrogens (tertiary/aromatic N) is 3. The van der Waals surface area contributed by atoms with Crippen molar-refractivity contribution in [2.45, 2.75) is 65.0 Å². The highest BCUT2D eigenvalue weighted by Gasteiger charge is 2.30. The van der Waals surface area contributed by atoms with Crippen molar-refractivity contribution >= 4 is 11.9 Å². The first-order valence-electron chi connectivity index (χ1n) is 9.38. The predicted molar refractivity (Wildman–Crippen MR) is 95.9 cm³/mol. The molecule has 0 aliphatic carbocycles. The molecule has 138 valence electrons. The summed E-state index contributed by atoms with van der Waals surface area (Å²) in [6.07, 6.45) is 4.72. The van der Waals surface area contributed by atoms with Crippen LogP contribution in [0.3, 0.4) is 0 Å². The lowest BCUT2D eigenvalue weighted by atomic mass is 10.1. The van der Waals surface area contributed by atoms with Gasteiger partial charge in [0.15, 0.2) is 0 Å². The minimum absolute atomic E-state index is 0.00588. The van der Waals surface area contributed by atoms with Crippen LogP contribution in [-0.4, -0.2) is 77.5 Å².